The number of allylic oxidation sites excluding steroid dienone is 1. The first-order valence-corrected chi connectivity index (χ1v) is 10.7. The Kier molecular flexibility index (Phi) is 6.54. The molecule has 0 aromatic heterocycles. The number of nitrogens with zero attached hydrogens (tertiary/aromatic N) is 2. The van der Waals surface area contributed by atoms with Crippen molar-refractivity contribution in [1.29, 1.82) is 0 Å². The van der Waals surface area contributed by atoms with E-state index in [4.69, 9.17) is 4.74 Å². The summed E-state index contributed by atoms with van der Waals surface area (Å²) in [5.74, 6) is 0.620. The Morgan fingerprint density at radius 2 is 1.87 bits per heavy atom. The molecule has 1 aliphatic heterocycles. The second-order valence-corrected chi connectivity index (χ2v) is 8.99. The number of rotatable bonds is 6. The quantitative estimate of drug-likeness (QED) is 0.523. The zero-order valence-corrected chi connectivity index (χ0v) is 19.6. The van der Waals surface area contributed by atoms with Crippen LogP contribution in [-0.4, -0.2) is 30.8 Å². The minimum atomic E-state index is -0.152. The lowest BCUT2D eigenvalue weighted by molar-refractivity contribution is -0.120. The van der Waals surface area contributed by atoms with Gasteiger partial charge in [-0.3, -0.25) is 4.79 Å². The van der Waals surface area contributed by atoms with Crippen LogP contribution in [0.15, 0.2) is 47.6 Å². The Hall–Kier alpha value is -3.08. The maximum atomic E-state index is 12.2. The highest BCUT2D eigenvalue weighted by atomic mass is 16.5. The summed E-state index contributed by atoms with van der Waals surface area (Å²) in [6.07, 6.45) is 4.32. The second kappa shape index (κ2) is 8.96. The molecule has 1 heterocycles. The first-order valence-electron chi connectivity index (χ1n) is 10.7. The Bertz CT molecular complexity index is 1020. The highest BCUT2D eigenvalue weighted by Crippen LogP contribution is 2.41. The zero-order valence-electron chi connectivity index (χ0n) is 19.6. The Balaban J connectivity index is 1.76. The van der Waals surface area contributed by atoms with E-state index in [-0.39, 0.29) is 17.9 Å². The summed E-state index contributed by atoms with van der Waals surface area (Å²) >= 11 is 0. The summed E-state index contributed by atoms with van der Waals surface area (Å²) in [6.45, 7) is 13.2. The van der Waals surface area contributed by atoms with Crippen LogP contribution < -0.4 is 15.1 Å². The highest BCUT2D eigenvalue weighted by Gasteiger charge is 2.33. The van der Waals surface area contributed by atoms with Crippen molar-refractivity contribution in [2.75, 3.05) is 12.0 Å². The van der Waals surface area contributed by atoms with E-state index < -0.39 is 0 Å². The Labute approximate surface area is 185 Å². The molecule has 1 amide bonds. The molecule has 0 atom stereocenters. The van der Waals surface area contributed by atoms with Gasteiger partial charge in [-0.25, -0.2) is 5.43 Å². The van der Waals surface area contributed by atoms with Crippen molar-refractivity contribution in [3.63, 3.8) is 0 Å². The van der Waals surface area contributed by atoms with Gasteiger partial charge in [0.15, 0.2) is 0 Å². The predicted molar refractivity (Wildman–Crippen MR) is 129 cm³/mol. The number of carbonyl (C=O) groups excluding carboxylic acids is 1. The van der Waals surface area contributed by atoms with Gasteiger partial charge in [0.05, 0.1) is 25.3 Å². The van der Waals surface area contributed by atoms with Gasteiger partial charge in [0, 0.05) is 17.3 Å². The molecule has 5 nitrogen and oxygen atoms in total. The number of amides is 1. The third-order valence-corrected chi connectivity index (χ3v) is 5.69. The number of hydrazone groups is 1. The van der Waals surface area contributed by atoms with Gasteiger partial charge in [-0.2, -0.15) is 5.10 Å². The number of methoxy groups -OCH3 is 1. The number of fused-ring (bicyclic) bond motifs is 1. The van der Waals surface area contributed by atoms with E-state index in [0.717, 1.165) is 22.4 Å². The minimum Gasteiger partial charge on any atom is -0.497 e. The number of nitrogens with one attached hydrogen (secondary N) is 1. The van der Waals surface area contributed by atoms with Crippen LogP contribution in [0.25, 0.3) is 5.57 Å². The third-order valence-electron chi connectivity index (χ3n) is 5.69. The van der Waals surface area contributed by atoms with Gasteiger partial charge >= 0.3 is 0 Å². The number of aryl methyl sites for hydroxylation is 1. The molecule has 2 aromatic rings. The molecular formula is C26H33N3O2. The molecular weight excluding hydrogens is 386 g/mol. The van der Waals surface area contributed by atoms with Crippen molar-refractivity contribution >= 4 is 23.4 Å². The van der Waals surface area contributed by atoms with E-state index in [2.05, 4.69) is 75.2 Å². The molecule has 2 aromatic carbocycles. The van der Waals surface area contributed by atoms with E-state index >= 15 is 0 Å². The van der Waals surface area contributed by atoms with Crippen molar-refractivity contribution in [2.45, 2.75) is 59.5 Å². The molecule has 3 rings (SSSR count). The first kappa shape index (κ1) is 22.6. The summed E-state index contributed by atoms with van der Waals surface area (Å²) < 4.78 is 5.15. The molecule has 0 saturated heterocycles. The Morgan fingerprint density at radius 1 is 1.19 bits per heavy atom. The molecule has 0 bridgehead atoms. The summed E-state index contributed by atoms with van der Waals surface area (Å²) in [5, 5.41) is 4.21. The average molecular weight is 420 g/mol. The van der Waals surface area contributed by atoms with Crippen LogP contribution >= 0.6 is 0 Å². The van der Waals surface area contributed by atoms with Crippen LogP contribution in [0.5, 0.6) is 5.75 Å². The molecule has 164 valence electrons. The van der Waals surface area contributed by atoms with Crippen LogP contribution in [0.4, 0.5) is 5.69 Å². The van der Waals surface area contributed by atoms with E-state index in [9.17, 15) is 4.79 Å². The second-order valence-electron chi connectivity index (χ2n) is 8.99. The van der Waals surface area contributed by atoms with Crippen LogP contribution in [0, 0.1) is 6.92 Å². The molecule has 1 N–H and O–H groups in total. The lowest BCUT2D eigenvalue weighted by atomic mass is 9.86. The van der Waals surface area contributed by atoms with E-state index in [1.165, 1.54) is 16.8 Å². The van der Waals surface area contributed by atoms with E-state index in [1.54, 1.807) is 13.3 Å². The van der Waals surface area contributed by atoms with Gasteiger partial charge in [0.25, 0.3) is 0 Å². The number of benzene rings is 2. The summed E-state index contributed by atoms with van der Waals surface area (Å²) in [7, 11) is 1.62. The first-order chi connectivity index (χ1) is 14.6. The minimum absolute atomic E-state index is 0.0390. The number of hydrogen-bond acceptors (Lipinski definition) is 4. The average Bonchev–Trinajstić information content (AvgIpc) is 2.68. The van der Waals surface area contributed by atoms with Crippen LogP contribution in [0.3, 0.4) is 0 Å². The van der Waals surface area contributed by atoms with Crippen LogP contribution in [0.1, 0.15) is 56.9 Å². The fourth-order valence-corrected chi connectivity index (χ4v) is 4.44. The van der Waals surface area contributed by atoms with E-state index in [1.807, 2.05) is 24.3 Å². The predicted octanol–water partition coefficient (Wildman–Crippen LogP) is 5.11. The molecule has 0 radical (unpaired) electrons. The number of carbonyl (C=O) groups is 1. The van der Waals surface area contributed by atoms with Crippen molar-refractivity contribution in [2.24, 2.45) is 5.10 Å². The molecule has 0 spiro atoms. The monoisotopic (exact) mass is 419 g/mol. The van der Waals surface area contributed by atoms with Crippen molar-refractivity contribution in [1.82, 2.24) is 5.43 Å². The zero-order chi connectivity index (χ0) is 22.8. The molecule has 1 aliphatic rings. The normalized spacial score (nSPS) is 15.1. The topological polar surface area (TPSA) is 53.9 Å². The van der Waals surface area contributed by atoms with Gasteiger partial charge in [-0.05, 0) is 88.1 Å². The fraction of sp³-hybridized carbons (Fsp3) is 0.385. The smallest absolute Gasteiger partial charge is 0.244 e. The van der Waals surface area contributed by atoms with Crippen molar-refractivity contribution < 1.29 is 9.53 Å². The summed E-state index contributed by atoms with van der Waals surface area (Å²) in [4.78, 5) is 14.7. The van der Waals surface area contributed by atoms with Gasteiger partial charge < -0.3 is 9.64 Å². The lowest BCUT2D eigenvalue weighted by Crippen LogP contribution is -2.49. The van der Waals surface area contributed by atoms with Gasteiger partial charge in [-0.1, -0.05) is 18.2 Å². The third kappa shape index (κ3) is 4.98. The molecule has 0 saturated carbocycles. The molecule has 0 aliphatic carbocycles. The standard InChI is InChI=1S/C26H33N3O2/c1-17(2)29-24-12-18(3)21(14-23(24)19(4)15-26(29,5)6)16-27-28-25(30)13-20-8-10-22(31-7)11-9-20/h8-12,14-17H,13H2,1-7H3,(H,28,30)/b27-16+. The maximum absolute atomic E-state index is 12.2. The summed E-state index contributed by atoms with van der Waals surface area (Å²) in [5.41, 5.74) is 9.36. The highest BCUT2D eigenvalue weighted by molar-refractivity contribution is 5.90. The maximum Gasteiger partial charge on any atom is 0.244 e. The summed E-state index contributed by atoms with van der Waals surface area (Å²) in [6, 6.07) is 12.2. The van der Waals surface area contributed by atoms with E-state index in [0.29, 0.717) is 6.04 Å². The Morgan fingerprint density at radius 3 is 2.48 bits per heavy atom. The molecule has 31 heavy (non-hydrogen) atoms. The van der Waals surface area contributed by atoms with Crippen molar-refractivity contribution in [3.05, 3.63) is 64.7 Å². The molecule has 0 fully saturated rings. The van der Waals surface area contributed by atoms with Gasteiger partial charge in [0.1, 0.15) is 5.75 Å². The van der Waals surface area contributed by atoms with Crippen molar-refractivity contribution in [3.8, 4) is 5.75 Å². The van der Waals surface area contributed by atoms with Crippen LogP contribution in [0.2, 0.25) is 0 Å². The number of ether oxygens (including phenoxy) is 1. The molecule has 0 unspecified atom stereocenters. The van der Waals surface area contributed by atoms with Gasteiger partial charge in [0.2, 0.25) is 5.91 Å². The number of anilines is 1. The lowest BCUT2D eigenvalue weighted by Gasteiger charge is -2.46. The fourth-order valence-electron chi connectivity index (χ4n) is 4.44. The van der Waals surface area contributed by atoms with Crippen LogP contribution in [-0.2, 0) is 11.2 Å². The SMILES string of the molecule is COc1ccc(CC(=O)N/N=C/c2cc3c(cc2C)N(C(C)C)C(C)(C)C=C3C)cc1. The van der Waals surface area contributed by atoms with Gasteiger partial charge in [-0.15, -0.1) is 0 Å². The largest absolute Gasteiger partial charge is 0.497 e. The number of hydrogen-bond donors (Lipinski definition) is 1. The molecule has 5 heteroatoms.